The van der Waals surface area contributed by atoms with Crippen molar-refractivity contribution in [2.45, 2.75) is 19.3 Å². The van der Waals surface area contributed by atoms with Gasteiger partial charge in [0.1, 0.15) is 5.82 Å². The molecule has 3 nitrogen and oxygen atoms in total. The first-order chi connectivity index (χ1) is 10.3. The monoisotopic (exact) mass is 291 g/mol. The third kappa shape index (κ3) is 3.55. The molecule has 1 aromatic carbocycles. The Morgan fingerprint density at radius 1 is 1.00 bits per heavy atom. The van der Waals surface area contributed by atoms with Gasteiger partial charge < -0.3 is 10.6 Å². The molecule has 0 spiro atoms. The molecule has 21 heavy (non-hydrogen) atoms. The third-order valence-electron chi connectivity index (χ3n) is 5.18. The van der Waals surface area contributed by atoms with E-state index >= 15 is 0 Å². The standard InChI is InChI=1S/C17H26FN3/c18-16-4-6-17(7-5-16)21-10-8-20(9-11-21)13-15-3-1-2-14(15)12-19/h4-7,14-15H,1-3,8-13,19H2. The predicted molar refractivity (Wildman–Crippen MR) is 84.9 cm³/mol. The molecule has 1 aromatic rings. The van der Waals surface area contributed by atoms with Gasteiger partial charge in [-0.2, -0.15) is 0 Å². The summed E-state index contributed by atoms with van der Waals surface area (Å²) in [6.45, 7) is 6.33. The summed E-state index contributed by atoms with van der Waals surface area (Å²) < 4.78 is 13.0. The van der Waals surface area contributed by atoms with Crippen molar-refractivity contribution in [3.63, 3.8) is 0 Å². The van der Waals surface area contributed by atoms with Crippen LogP contribution in [0.5, 0.6) is 0 Å². The predicted octanol–water partition coefficient (Wildman–Crippen LogP) is 2.32. The van der Waals surface area contributed by atoms with Gasteiger partial charge in [0.25, 0.3) is 0 Å². The van der Waals surface area contributed by atoms with Crippen molar-refractivity contribution < 1.29 is 4.39 Å². The highest BCUT2D eigenvalue weighted by Crippen LogP contribution is 2.31. The van der Waals surface area contributed by atoms with Gasteiger partial charge in [-0.1, -0.05) is 6.42 Å². The van der Waals surface area contributed by atoms with Crippen LogP contribution in [0.2, 0.25) is 0 Å². The van der Waals surface area contributed by atoms with Gasteiger partial charge >= 0.3 is 0 Å². The molecule has 1 heterocycles. The van der Waals surface area contributed by atoms with Crippen LogP contribution in [0.4, 0.5) is 10.1 Å². The van der Waals surface area contributed by atoms with Gasteiger partial charge in [-0.25, -0.2) is 4.39 Å². The van der Waals surface area contributed by atoms with Crippen molar-refractivity contribution in [3.05, 3.63) is 30.1 Å². The lowest BCUT2D eigenvalue weighted by atomic mass is 9.95. The molecule has 2 fully saturated rings. The first kappa shape index (κ1) is 14.8. The van der Waals surface area contributed by atoms with Crippen LogP contribution in [0.15, 0.2) is 24.3 Å². The molecule has 1 saturated carbocycles. The maximum Gasteiger partial charge on any atom is 0.123 e. The van der Waals surface area contributed by atoms with Crippen LogP contribution in [-0.2, 0) is 0 Å². The molecule has 1 aliphatic carbocycles. The summed E-state index contributed by atoms with van der Waals surface area (Å²) in [7, 11) is 0. The zero-order valence-electron chi connectivity index (χ0n) is 12.7. The fraction of sp³-hybridized carbons (Fsp3) is 0.647. The summed E-state index contributed by atoms with van der Waals surface area (Å²) >= 11 is 0. The Bertz CT molecular complexity index is 440. The van der Waals surface area contributed by atoms with Crippen LogP contribution in [-0.4, -0.2) is 44.2 Å². The van der Waals surface area contributed by atoms with E-state index in [9.17, 15) is 4.39 Å². The largest absolute Gasteiger partial charge is 0.369 e. The van der Waals surface area contributed by atoms with Crippen LogP contribution in [0.25, 0.3) is 0 Å². The zero-order chi connectivity index (χ0) is 14.7. The maximum absolute atomic E-state index is 13.0. The van der Waals surface area contributed by atoms with Gasteiger partial charge in [0.15, 0.2) is 0 Å². The lowest BCUT2D eigenvalue weighted by Gasteiger charge is -2.38. The molecule has 116 valence electrons. The van der Waals surface area contributed by atoms with Crippen molar-refractivity contribution in [1.82, 2.24) is 4.90 Å². The van der Waals surface area contributed by atoms with E-state index < -0.39 is 0 Å². The zero-order valence-corrected chi connectivity index (χ0v) is 12.7. The molecule has 0 amide bonds. The molecule has 3 rings (SSSR count). The Morgan fingerprint density at radius 3 is 2.33 bits per heavy atom. The number of benzene rings is 1. The fourth-order valence-corrected chi connectivity index (χ4v) is 3.84. The van der Waals surface area contributed by atoms with Gasteiger partial charge in [-0.15, -0.1) is 0 Å². The second-order valence-electron chi connectivity index (χ2n) is 6.45. The molecule has 0 bridgehead atoms. The highest BCUT2D eigenvalue weighted by molar-refractivity contribution is 5.46. The molecule has 1 saturated heterocycles. The van der Waals surface area contributed by atoms with E-state index in [1.54, 1.807) is 12.1 Å². The normalized spacial score (nSPS) is 27.2. The molecular weight excluding hydrogens is 265 g/mol. The van der Waals surface area contributed by atoms with Crippen molar-refractivity contribution >= 4 is 5.69 Å². The average molecular weight is 291 g/mol. The van der Waals surface area contributed by atoms with E-state index in [-0.39, 0.29) is 5.82 Å². The van der Waals surface area contributed by atoms with E-state index in [0.29, 0.717) is 0 Å². The quantitative estimate of drug-likeness (QED) is 0.924. The highest BCUT2D eigenvalue weighted by atomic mass is 19.1. The number of nitrogens with two attached hydrogens (primary N) is 1. The second kappa shape index (κ2) is 6.75. The lowest BCUT2D eigenvalue weighted by Crippen LogP contribution is -2.48. The van der Waals surface area contributed by atoms with Gasteiger partial charge in [-0.05, 0) is 55.5 Å². The Kier molecular flexibility index (Phi) is 4.76. The Morgan fingerprint density at radius 2 is 1.67 bits per heavy atom. The van der Waals surface area contributed by atoms with Gasteiger partial charge in [0, 0.05) is 38.4 Å². The SMILES string of the molecule is NCC1CCCC1CN1CCN(c2ccc(F)cc2)CC1. The molecular formula is C17H26FN3. The minimum atomic E-state index is -0.161. The average Bonchev–Trinajstić information content (AvgIpc) is 2.96. The van der Waals surface area contributed by atoms with Crippen molar-refractivity contribution in [1.29, 1.82) is 0 Å². The summed E-state index contributed by atoms with van der Waals surface area (Å²) in [5.74, 6) is 1.37. The Hall–Kier alpha value is -1.13. The summed E-state index contributed by atoms with van der Waals surface area (Å²) in [5, 5.41) is 0. The van der Waals surface area contributed by atoms with Gasteiger partial charge in [0.05, 0.1) is 0 Å². The topological polar surface area (TPSA) is 32.5 Å². The maximum atomic E-state index is 13.0. The van der Waals surface area contributed by atoms with E-state index in [2.05, 4.69) is 9.80 Å². The summed E-state index contributed by atoms with van der Waals surface area (Å²) in [5.41, 5.74) is 7.02. The van der Waals surface area contributed by atoms with Crippen LogP contribution in [0, 0.1) is 17.7 Å². The Balaban J connectivity index is 1.50. The van der Waals surface area contributed by atoms with E-state index in [0.717, 1.165) is 50.2 Å². The van der Waals surface area contributed by atoms with Crippen LogP contribution in [0.3, 0.4) is 0 Å². The number of hydrogen-bond donors (Lipinski definition) is 1. The van der Waals surface area contributed by atoms with Crippen LogP contribution >= 0.6 is 0 Å². The molecule has 2 unspecified atom stereocenters. The molecule has 2 aliphatic rings. The van der Waals surface area contributed by atoms with E-state index in [1.165, 1.54) is 25.8 Å². The first-order valence-electron chi connectivity index (χ1n) is 8.19. The number of rotatable bonds is 4. The van der Waals surface area contributed by atoms with Gasteiger partial charge in [-0.3, -0.25) is 4.90 Å². The fourth-order valence-electron chi connectivity index (χ4n) is 3.84. The van der Waals surface area contributed by atoms with Gasteiger partial charge in [0.2, 0.25) is 0 Å². The smallest absolute Gasteiger partial charge is 0.123 e. The number of nitrogens with zero attached hydrogens (tertiary/aromatic N) is 2. The van der Waals surface area contributed by atoms with Crippen molar-refractivity contribution in [2.75, 3.05) is 44.2 Å². The molecule has 4 heteroatoms. The summed E-state index contributed by atoms with van der Waals surface area (Å²) in [6, 6.07) is 6.86. The number of hydrogen-bond acceptors (Lipinski definition) is 3. The van der Waals surface area contributed by atoms with Crippen LogP contribution < -0.4 is 10.6 Å². The summed E-state index contributed by atoms with van der Waals surface area (Å²) in [4.78, 5) is 4.93. The lowest BCUT2D eigenvalue weighted by molar-refractivity contribution is 0.197. The number of piperazine rings is 1. The summed E-state index contributed by atoms with van der Waals surface area (Å²) in [6.07, 6.45) is 4.01. The molecule has 2 N–H and O–H groups in total. The van der Waals surface area contributed by atoms with Crippen molar-refractivity contribution in [2.24, 2.45) is 17.6 Å². The molecule has 0 aromatic heterocycles. The minimum Gasteiger partial charge on any atom is -0.369 e. The molecule has 1 aliphatic heterocycles. The minimum absolute atomic E-state index is 0.161. The molecule has 0 radical (unpaired) electrons. The van der Waals surface area contributed by atoms with Crippen molar-refractivity contribution in [3.8, 4) is 0 Å². The van der Waals surface area contributed by atoms with E-state index in [1.807, 2.05) is 12.1 Å². The first-order valence-corrected chi connectivity index (χ1v) is 8.19. The molecule has 2 atom stereocenters. The third-order valence-corrected chi connectivity index (χ3v) is 5.18. The second-order valence-corrected chi connectivity index (χ2v) is 6.45. The number of halogens is 1. The van der Waals surface area contributed by atoms with E-state index in [4.69, 9.17) is 5.73 Å². The highest BCUT2D eigenvalue weighted by Gasteiger charge is 2.28. The number of anilines is 1. The Labute approximate surface area is 126 Å². The van der Waals surface area contributed by atoms with Crippen LogP contribution in [0.1, 0.15) is 19.3 Å².